The number of aromatic nitrogens is 1. The zero-order valence-corrected chi connectivity index (χ0v) is 26.9. The molecule has 1 aliphatic rings. The fraction of sp³-hybridized carbons (Fsp3) is 0.306. The van der Waals surface area contributed by atoms with Crippen molar-refractivity contribution in [2.45, 2.75) is 68.8 Å². The van der Waals surface area contributed by atoms with E-state index in [2.05, 4.69) is 10.6 Å². The second-order valence-corrected chi connectivity index (χ2v) is 12.4. The van der Waals surface area contributed by atoms with Gasteiger partial charge in [0.1, 0.15) is 0 Å². The summed E-state index contributed by atoms with van der Waals surface area (Å²) >= 11 is 1.45. The van der Waals surface area contributed by atoms with Crippen molar-refractivity contribution >= 4 is 35.0 Å². The predicted octanol–water partition coefficient (Wildman–Crippen LogP) is 5.55. The quantitative estimate of drug-likeness (QED) is 0.0454. The molecule has 0 radical (unpaired) electrons. The summed E-state index contributed by atoms with van der Waals surface area (Å²) in [4.78, 5) is 24.6. The number of hydrogen-bond donors (Lipinski definition) is 4. The summed E-state index contributed by atoms with van der Waals surface area (Å²) in [6.45, 7) is 0.352. The van der Waals surface area contributed by atoms with Crippen LogP contribution in [0.4, 0.5) is 11.4 Å². The molecular formula is C36H40N4O6S. The van der Waals surface area contributed by atoms with Crippen LogP contribution in [0, 0.1) is 5.21 Å². The third-order valence-corrected chi connectivity index (χ3v) is 9.01. The van der Waals surface area contributed by atoms with Crippen LogP contribution in [-0.4, -0.2) is 28.8 Å². The SMILES string of the molecule is Nc1ccccc1NC(=O)CCCCC(=O)NCc1ccc(C2OC(CSc3cccc[n+]3[O-])CC(c3ccc(CO)cc3)O2)cc1. The number of hydrogen-bond acceptors (Lipinski definition) is 8. The Balaban J connectivity index is 1.11. The molecule has 0 saturated carbocycles. The highest BCUT2D eigenvalue weighted by molar-refractivity contribution is 7.99. The highest BCUT2D eigenvalue weighted by atomic mass is 32.2. The van der Waals surface area contributed by atoms with Gasteiger partial charge in [-0.1, -0.05) is 72.4 Å². The Labute approximate surface area is 278 Å². The van der Waals surface area contributed by atoms with Gasteiger partial charge in [0.2, 0.25) is 11.8 Å². The Kier molecular flexibility index (Phi) is 12.2. The number of amides is 2. The lowest BCUT2D eigenvalue weighted by atomic mass is 10.0. The second-order valence-electron chi connectivity index (χ2n) is 11.4. The van der Waals surface area contributed by atoms with Gasteiger partial charge in [0.25, 0.3) is 5.03 Å². The van der Waals surface area contributed by atoms with Gasteiger partial charge in [-0.2, -0.15) is 4.73 Å². The van der Waals surface area contributed by atoms with Crippen molar-refractivity contribution in [3.8, 4) is 0 Å². The van der Waals surface area contributed by atoms with Gasteiger partial charge in [-0.3, -0.25) is 9.59 Å². The van der Waals surface area contributed by atoms with Crippen molar-refractivity contribution in [1.82, 2.24) is 5.32 Å². The Morgan fingerprint density at radius 3 is 2.28 bits per heavy atom. The van der Waals surface area contributed by atoms with Crippen molar-refractivity contribution in [3.05, 3.63) is 125 Å². The van der Waals surface area contributed by atoms with E-state index in [0.717, 1.165) is 27.0 Å². The fourth-order valence-corrected chi connectivity index (χ4v) is 6.14. The summed E-state index contributed by atoms with van der Waals surface area (Å²) in [6.07, 6.45) is 2.90. The van der Waals surface area contributed by atoms with E-state index in [1.54, 1.807) is 24.3 Å². The highest BCUT2D eigenvalue weighted by Crippen LogP contribution is 2.39. The molecule has 0 bridgehead atoms. The van der Waals surface area contributed by atoms with Gasteiger partial charge in [0.05, 0.1) is 30.2 Å². The molecule has 2 heterocycles. The van der Waals surface area contributed by atoms with Crippen LogP contribution >= 0.6 is 11.8 Å². The number of carbonyl (C=O) groups is 2. The maximum Gasteiger partial charge on any atom is 0.251 e. The Morgan fingerprint density at radius 1 is 0.872 bits per heavy atom. The number of anilines is 2. The molecule has 2 amide bonds. The van der Waals surface area contributed by atoms with E-state index in [1.807, 2.05) is 66.7 Å². The molecule has 1 aliphatic heterocycles. The highest BCUT2D eigenvalue weighted by Gasteiger charge is 2.32. The number of rotatable bonds is 14. The second kappa shape index (κ2) is 16.9. The number of thioether (sulfide) groups is 1. The van der Waals surface area contributed by atoms with Gasteiger partial charge < -0.3 is 36.2 Å². The number of ether oxygens (including phenoxy) is 2. The lowest BCUT2D eigenvalue weighted by Gasteiger charge is -2.36. The number of nitrogens with one attached hydrogen (secondary N) is 2. The van der Waals surface area contributed by atoms with Crippen molar-refractivity contribution in [2.24, 2.45) is 0 Å². The Bertz CT molecular complexity index is 1620. The van der Waals surface area contributed by atoms with E-state index in [4.69, 9.17) is 15.2 Å². The molecule has 47 heavy (non-hydrogen) atoms. The number of nitrogen functional groups attached to an aromatic ring is 1. The number of nitrogens with zero attached hydrogens (tertiary/aromatic N) is 1. The molecule has 5 rings (SSSR count). The van der Waals surface area contributed by atoms with Gasteiger partial charge in [-0.15, -0.1) is 0 Å². The molecule has 3 aromatic carbocycles. The molecule has 0 aliphatic carbocycles. The van der Waals surface area contributed by atoms with Crippen LogP contribution in [0.1, 0.15) is 66.8 Å². The van der Waals surface area contributed by atoms with E-state index in [9.17, 15) is 19.9 Å². The predicted molar refractivity (Wildman–Crippen MR) is 181 cm³/mol. The zero-order valence-electron chi connectivity index (χ0n) is 26.0. The summed E-state index contributed by atoms with van der Waals surface area (Å²) in [6, 6.07) is 27.9. The Morgan fingerprint density at radius 2 is 1.55 bits per heavy atom. The van der Waals surface area contributed by atoms with E-state index >= 15 is 0 Å². The molecule has 1 saturated heterocycles. The van der Waals surface area contributed by atoms with Crippen LogP contribution in [-0.2, 0) is 32.2 Å². The first-order valence-corrected chi connectivity index (χ1v) is 16.7. The molecule has 4 aromatic rings. The lowest BCUT2D eigenvalue weighted by Crippen LogP contribution is -2.32. The lowest BCUT2D eigenvalue weighted by molar-refractivity contribution is -0.645. The van der Waals surface area contributed by atoms with Crippen LogP contribution in [0.15, 0.2) is 102 Å². The minimum atomic E-state index is -0.619. The van der Waals surface area contributed by atoms with Crippen LogP contribution < -0.4 is 21.1 Å². The summed E-state index contributed by atoms with van der Waals surface area (Å²) in [5.74, 6) is 0.374. The van der Waals surface area contributed by atoms with Gasteiger partial charge in [0.15, 0.2) is 12.5 Å². The molecule has 10 nitrogen and oxygen atoms in total. The number of aliphatic hydroxyl groups is 1. The maximum atomic E-state index is 12.4. The number of unbranched alkanes of at least 4 members (excludes halogenated alkanes) is 1. The first-order chi connectivity index (χ1) is 22.9. The normalized spacial score (nSPS) is 17.6. The van der Waals surface area contributed by atoms with Crippen LogP contribution in [0.25, 0.3) is 0 Å². The summed E-state index contributed by atoms with van der Waals surface area (Å²) in [5, 5.41) is 28.0. The fourth-order valence-electron chi connectivity index (χ4n) is 5.20. The van der Waals surface area contributed by atoms with E-state index in [-0.39, 0.29) is 30.6 Å². The third kappa shape index (κ3) is 10.0. The molecule has 246 valence electrons. The minimum absolute atomic E-state index is 0.0277. The first-order valence-electron chi connectivity index (χ1n) is 15.7. The molecule has 3 unspecified atom stereocenters. The first kappa shape index (κ1) is 33.9. The van der Waals surface area contributed by atoms with Crippen molar-refractivity contribution in [3.63, 3.8) is 0 Å². The summed E-state index contributed by atoms with van der Waals surface area (Å²) in [7, 11) is 0. The average Bonchev–Trinajstić information content (AvgIpc) is 3.10. The van der Waals surface area contributed by atoms with E-state index in [0.29, 0.717) is 60.8 Å². The van der Waals surface area contributed by atoms with Gasteiger partial charge in [0, 0.05) is 49.3 Å². The Hall–Kier alpha value is -4.42. The molecule has 3 atom stereocenters. The zero-order chi connectivity index (χ0) is 33.0. The van der Waals surface area contributed by atoms with Crippen molar-refractivity contribution in [2.75, 3.05) is 16.8 Å². The molecule has 11 heteroatoms. The topological polar surface area (TPSA) is 150 Å². The molecule has 1 aromatic heterocycles. The largest absolute Gasteiger partial charge is 0.618 e. The molecule has 1 fully saturated rings. The average molecular weight is 657 g/mol. The van der Waals surface area contributed by atoms with Crippen LogP contribution in [0.5, 0.6) is 0 Å². The third-order valence-electron chi connectivity index (χ3n) is 7.85. The van der Waals surface area contributed by atoms with Gasteiger partial charge in [-0.05, 0) is 47.7 Å². The number of aliphatic hydroxyl groups excluding tert-OH is 1. The smallest absolute Gasteiger partial charge is 0.251 e. The van der Waals surface area contributed by atoms with Crippen molar-refractivity contribution in [1.29, 1.82) is 0 Å². The standard InChI is InChI=1S/C36H40N4O6S/c37-30-7-1-2-8-31(30)39-34(43)10-4-3-9-33(42)38-22-25-12-18-28(19-13-25)36-45-29(24-47-35-11-5-6-20-40(35)44)21-32(46-36)27-16-14-26(23-41)15-17-27/h1-2,5-8,11-20,29,32,36,41H,3-4,9-10,21-24,37H2,(H,38,42)(H,39,43). The maximum absolute atomic E-state index is 12.4. The number of benzene rings is 3. The number of pyridine rings is 1. The van der Waals surface area contributed by atoms with Crippen molar-refractivity contribution < 1.29 is 28.9 Å². The minimum Gasteiger partial charge on any atom is -0.618 e. The monoisotopic (exact) mass is 656 g/mol. The van der Waals surface area contributed by atoms with E-state index in [1.165, 1.54) is 18.0 Å². The number of carbonyl (C=O) groups excluding carboxylic acids is 2. The number of nitrogens with two attached hydrogens (primary N) is 1. The van der Waals surface area contributed by atoms with Crippen LogP contribution in [0.2, 0.25) is 0 Å². The van der Waals surface area contributed by atoms with E-state index < -0.39 is 6.29 Å². The van der Waals surface area contributed by atoms with Gasteiger partial charge >= 0.3 is 0 Å². The summed E-state index contributed by atoms with van der Waals surface area (Å²) < 4.78 is 13.7. The van der Waals surface area contributed by atoms with Crippen LogP contribution in [0.3, 0.4) is 0 Å². The number of para-hydroxylation sites is 2. The molecule has 5 N–H and O–H groups in total. The molecular weight excluding hydrogens is 616 g/mol. The van der Waals surface area contributed by atoms with Gasteiger partial charge in [-0.25, -0.2) is 0 Å². The molecule has 0 spiro atoms. The summed E-state index contributed by atoms with van der Waals surface area (Å²) in [5.41, 5.74) is 10.6.